The number of rotatable bonds is 3. The molecule has 0 unspecified atom stereocenters. The molecule has 96 valence electrons. The van der Waals surface area contributed by atoms with Crippen molar-refractivity contribution in [1.29, 1.82) is 0 Å². The largest absolute Gasteiger partial charge is 0.478 e. The number of nitrogens with zero attached hydrogens (tertiary/aromatic N) is 1. The number of carboxylic acids is 1. The fraction of sp³-hybridized carbons (Fsp3) is 0.125. The summed E-state index contributed by atoms with van der Waals surface area (Å²) in [6, 6.07) is 11.2. The molecule has 3 heteroatoms. The Morgan fingerprint density at radius 3 is 2.58 bits per heavy atom. The molecular weight excluding hydrogens is 238 g/mol. The number of hydrogen-bond acceptors (Lipinski definition) is 2. The van der Waals surface area contributed by atoms with Crippen molar-refractivity contribution < 1.29 is 9.90 Å². The second-order valence-corrected chi connectivity index (χ2v) is 4.44. The number of benzene rings is 1. The maximum atomic E-state index is 11.4. The lowest BCUT2D eigenvalue weighted by Crippen LogP contribution is -2.02. The van der Waals surface area contributed by atoms with Crippen LogP contribution in [0.5, 0.6) is 0 Å². The average Bonchev–Trinajstić information content (AvgIpc) is 2.38. The van der Waals surface area contributed by atoms with Crippen LogP contribution in [0, 0.1) is 13.8 Å². The summed E-state index contributed by atoms with van der Waals surface area (Å²) in [6.45, 7) is 3.90. The van der Waals surface area contributed by atoms with Gasteiger partial charge >= 0.3 is 5.97 Å². The monoisotopic (exact) mass is 253 g/mol. The van der Waals surface area contributed by atoms with Crippen LogP contribution in [0.2, 0.25) is 0 Å². The lowest BCUT2D eigenvalue weighted by Gasteiger charge is -2.08. The van der Waals surface area contributed by atoms with Gasteiger partial charge in [0, 0.05) is 6.20 Å². The molecule has 0 aliphatic heterocycles. The van der Waals surface area contributed by atoms with E-state index >= 15 is 0 Å². The van der Waals surface area contributed by atoms with Gasteiger partial charge in [-0.15, -0.1) is 0 Å². The summed E-state index contributed by atoms with van der Waals surface area (Å²) in [5, 5.41) is 9.39. The van der Waals surface area contributed by atoms with Crippen LogP contribution in [0.1, 0.15) is 22.4 Å². The van der Waals surface area contributed by atoms with Crippen molar-refractivity contribution in [2.75, 3.05) is 0 Å². The molecule has 0 saturated carbocycles. The summed E-state index contributed by atoms with van der Waals surface area (Å²) in [7, 11) is 0. The Morgan fingerprint density at radius 1 is 1.21 bits per heavy atom. The summed E-state index contributed by atoms with van der Waals surface area (Å²) < 4.78 is 0. The molecule has 0 aliphatic rings. The van der Waals surface area contributed by atoms with Crippen LogP contribution in [-0.4, -0.2) is 16.1 Å². The molecule has 0 atom stereocenters. The molecule has 1 heterocycles. The maximum absolute atomic E-state index is 11.4. The quantitative estimate of drug-likeness (QED) is 0.854. The van der Waals surface area contributed by atoms with E-state index in [9.17, 15) is 9.90 Å². The molecule has 1 aromatic carbocycles. The third-order valence-corrected chi connectivity index (χ3v) is 2.88. The molecule has 0 fully saturated rings. The Labute approximate surface area is 112 Å². The van der Waals surface area contributed by atoms with Crippen molar-refractivity contribution in [3.05, 3.63) is 65.0 Å². The minimum absolute atomic E-state index is 0.260. The lowest BCUT2D eigenvalue weighted by molar-refractivity contribution is -0.130. The van der Waals surface area contributed by atoms with Crippen molar-refractivity contribution in [2.24, 2.45) is 0 Å². The molecule has 0 amide bonds. The minimum atomic E-state index is -0.947. The summed E-state index contributed by atoms with van der Waals surface area (Å²) >= 11 is 0. The van der Waals surface area contributed by atoms with E-state index in [1.807, 2.05) is 38.1 Å². The second kappa shape index (κ2) is 5.48. The van der Waals surface area contributed by atoms with Gasteiger partial charge < -0.3 is 5.11 Å². The van der Waals surface area contributed by atoms with Crippen LogP contribution in [0.4, 0.5) is 0 Å². The van der Waals surface area contributed by atoms with Crippen molar-refractivity contribution >= 4 is 17.6 Å². The first-order valence-corrected chi connectivity index (χ1v) is 6.01. The van der Waals surface area contributed by atoms with Gasteiger partial charge in [-0.05, 0) is 43.2 Å². The highest BCUT2D eigenvalue weighted by Crippen LogP contribution is 2.22. The van der Waals surface area contributed by atoms with E-state index in [0.717, 1.165) is 16.7 Å². The Hall–Kier alpha value is -2.42. The Morgan fingerprint density at radius 2 is 2.00 bits per heavy atom. The van der Waals surface area contributed by atoms with E-state index < -0.39 is 5.97 Å². The molecule has 0 bridgehead atoms. The number of aliphatic carboxylic acids is 1. The van der Waals surface area contributed by atoms with Gasteiger partial charge in [-0.2, -0.15) is 0 Å². The predicted molar refractivity (Wildman–Crippen MR) is 75.7 cm³/mol. The maximum Gasteiger partial charge on any atom is 0.336 e. The first-order chi connectivity index (χ1) is 9.08. The van der Waals surface area contributed by atoms with Gasteiger partial charge in [0.05, 0.1) is 11.3 Å². The summed E-state index contributed by atoms with van der Waals surface area (Å²) in [6.07, 6.45) is 3.24. The number of carbonyl (C=O) groups is 1. The van der Waals surface area contributed by atoms with E-state index in [-0.39, 0.29) is 5.57 Å². The highest BCUT2D eigenvalue weighted by Gasteiger charge is 2.13. The lowest BCUT2D eigenvalue weighted by atomic mass is 9.98. The smallest absolute Gasteiger partial charge is 0.336 e. The zero-order chi connectivity index (χ0) is 13.8. The van der Waals surface area contributed by atoms with Crippen LogP contribution < -0.4 is 0 Å². The minimum Gasteiger partial charge on any atom is -0.478 e. The van der Waals surface area contributed by atoms with E-state index in [0.29, 0.717) is 5.69 Å². The van der Waals surface area contributed by atoms with Gasteiger partial charge in [-0.3, -0.25) is 4.98 Å². The normalized spacial score (nSPS) is 11.4. The third-order valence-electron chi connectivity index (χ3n) is 2.88. The highest BCUT2D eigenvalue weighted by atomic mass is 16.4. The number of aromatic nitrogens is 1. The molecule has 0 saturated heterocycles. The Bertz CT molecular complexity index is 630. The van der Waals surface area contributed by atoms with Crippen molar-refractivity contribution in [3.8, 4) is 0 Å². The molecule has 3 nitrogen and oxygen atoms in total. The van der Waals surface area contributed by atoms with Crippen molar-refractivity contribution in [1.82, 2.24) is 4.98 Å². The van der Waals surface area contributed by atoms with Gasteiger partial charge in [-0.1, -0.05) is 29.8 Å². The van der Waals surface area contributed by atoms with Crippen LogP contribution in [-0.2, 0) is 4.79 Å². The summed E-state index contributed by atoms with van der Waals surface area (Å²) in [5.41, 5.74) is 3.69. The average molecular weight is 253 g/mol. The molecule has 1 aromatic heterocycles. The molecule has 2 aromatic rings. The topological polar surface area (TPSA) is 50.2 Å². The third kappa shape index (κ3) is 3.07. The zero-order valence-corrected chi connectivity index (χ0v) is 10.9. The first-order valence-electron chi connectivity index (χ1n) is 6.01. The molecule has 2 rings (SSSR count). The number of aryl methyl sites for hydroxylation is 2. The first kappa shape index (κ1) is 13.0. The predicted octanol–water partition coefficient (Wildman–Crippen LogP) is 3.32. The van der Waals surface area contributed by atoms with Crippen LogP contribution in [0.25, 0.3) is 11.6 Å². The fourth-order valence-corrected chi connectivity index (χ4v) is 1.98. The standard InChI is InChI=1S/C16H15NO2/c1-11-6-7-14(12(2)9-11)15(16(18)19)10-13-5-3-4-8-17-13/h3-10H,1-2H3,(H,18,19)/b15-10-. The van der Waals surface area contributed by atoms with Gasteiger partial charge in [0.2, 0.25) is 0 Å². The molecule has 0 radical (unpaired) electrons. The van der Waals surface area contributed by atoms with Gasteiger partial charge in [0.15, 0.2) is 0 Å². The molecular formula is C16H15NO2. The van der Waals surface area contributed by atoms with Crippen LogP contribution in [0.3, 0.4) is 0 Å². The van der Waals surface area contributed by atoms with E-state index in [1.54, 1.807) is 24.4 Å². The fourth-order valence-electron chi connectivity index (χ4n) is 1.98. The second-order valence-electron chi connectivity index (χ2n) is 4.44. The van der Waals surface area contributed by atoms with Crippen molar-refractivity contribution in [3.63, 3.8) is 0 Å². The highest BCUT2D eigenvalue weighted by molar-refractivity contribution is 6.20. The zero-order valence-electron chi connectivity index (χ0n) is 10.9. The van der Waals surface area contributed by atoms with Gasteiger partial charge in [-0.25, -0.2) is 4.79 Å². The van der Waals surface area contributed by atoms with E-state index in [4.69, 9.17) is 0 Å². The van der Waals surface area contributed by atoms with Crippen LogP contribution in [0.15, 0.2) is 42.6 Å². The number of hydrogen-bond donors (Lipinski definition) is 1. The van der Waals surface area contributed by atoms with Crippen molar-refractivity contribution in [2.45, 2.75) is 13.8 Å². The molecule has 0 spiro atoms. The molecule has 1 N–H and O–H groups in total. The Kier molecular flexibility index (Phi) is 3.76. The van der Waals surface area contributed by atoms with E-state index in [1.165, 1.54) is 0 Å². The van der Waals surface area contributed by atoms with Gasteiger partial charge in [0.1, 0.15) is 0 Å². The molecule has 19 heavy (non-hydrogen) atoms. The van der Waals surface area contributed by atoms with Gasteiger partial charge in [0.25, 0.3) is 0 Å². The summed E-state index contributed by atoms with van der Waals surface area (Å²) in [4.78, 5) is 15.6. The van der Waals surface area contributed by atoms with Crippen LogP contribution >= 0.6 is 0 Å². The van der Waals surface area contributed by atoms with E-state index in [2.05, 4.69) is 4.98 Å². The SMILES string of the molecule is Cc1ccc(/C(=C/c2ccccn2)C(=O)O)c(C)c1. The summed E-state index contributed by atoms with van der Waals surface area (Å²) in [5.74, 6) is -0.947. The Balaban J connectivity index is 2.52. The number of pyridine rings is 1. The molecule has 0 aliphatic carbocycles. The number of carboxylic acid groups (broad SMARTS) is 1.